The topological polar surface area (TPSA) is 65.1 Å². The van der Waals surface area contributed by atoms with E-state index >= 15 is 0 Å². The Kier molecular flexibility index (Phi) is 7.08. The lowest BCUT2D eigenvalue weighted by Crippen LogP contribution is -2.44. The molecular formula is C25H28ClNO5. The number of carbonyl (C=O) groups excluding carboxylic acids is 2. The van der Waals surface area contributed by atoms with Crippen molar-refractivity contribution in [3.05, 3.63) is 75.0 Å². The van der Waals surface area contributed by atoms with E-state index in [0.29, 0.717) is 12.2 Å². The largest absolute Gasteiger partial charge is 0.424 e. The van der Waals surface area contributed by atoms with Crippen molar-refractivity contribution in [2.24, 2.45) is 0 Å². The number of aryl methyl sites for hydroxylation is 3. The van der Waals surface area contributed by atoms with E-state index in [1.54, 1.807) is 38.1 Å². The van der Waals surface area contributed by atoms with Crippen molar-refractivity contribution < 1.29 is 23.9 Å². The van der Waals surface area contributed by atoms with Gasteiger partial charge in [-0.15, -0.1) is 0 Å². The molecule has 2 aromatic rings. The molecule has 0 aliphatic carbocycles. The van der Waals surface area contributed by atoms with Gasteiger partial charge in [-0.2, -0.15) is 0 Å². The molecule has 170 valence electrons. The highest BCUT2D eigenvalue weighted by atomic mass is 35.5. The van der Waals surface area contributed by atoms with Crippen LogP contribution in [0.25, 0.3) is 5.57 Å². The number of hydroxylamine groups is 2. The third kappa shape index (κ3) is 4.44. The van der Waals surface area contributed by atoms with Crippen LogP contribution in [0.1, 0.15) is 53.4 Å². The van der Waals surface area contributed by atoms with E-state index in [-0.39, 0.29) is 23.1 Å². The van der Waals surface area contributed by atoms with Crippen LogP contribution in [0, 0.1) is 20.8 Å². The first-order valence-electron chi connectivity index (χ1n) is 10.4. The van der Waals surface area contributed by atoms with E-state index in [2.05, 4.69) is 0 Å². The van der Waals surface area contributed by atoms with Crippen molar-refractivity contribution in [3.8, 4) is 0 Å². The molecule has 0 saturated carbocycles. The SMILES string of the molecule is CCOCON1C(=O)C(c2c(C)cc(C)cc2C)=C(OC(=O)c2ccccc2Cl)C1(C)C. The van der Waals surface area contributed by atoms with Gasteiger partial charge in [-0.25, -0.2) is 14.7 Å². The van der Waals surface area contributed by atoms with Crippen LogP contribution >= 0.6 is 11.6 Å². The minimum atomic E-state index is -1.07. The smallest absolute Gasteiger partial charge is 0.344 e. The molecule has 0 spiro atoms. The molecule has 2 aromatic carbocycles. The maximum absolute atomic E-state index is 13.6. The Bertz CT molecular complexity index is 1070. The zero-order chi connectivity index (χ0) is 23.6. The van der Waals surface area contributed by atoms with Gasteiger partial charge in [0.25, 0.3) is 5.91 Å². The summed E-state index contributed by atoms with van der Waals surface area (Å²) in [5, 5.41) is 1.49. The summed E-state index contributed by atoms with van der Waals surface area (Å²) in [4.78, 5) is 32.3. The van der Waals surface area contributed by atoms with Gasteiger partial charge in [0.05, 0.1) is 16.2 Å². The summed E-state index contributed by atoms with van der Waals surface area (Å²) in [6, 6.07) is 10.6. The minimum Gasteiger partial charge on any atom is -0.424 e. The van der Waals surface area contributed by atoms with E-state index in [9.17, 15) is 9.59 Å². The van der Waals surface area contributed by atoms with Crippen molar-refractivity contribution in [1.82, 2.24) is 5.06 Å². The molecule has 7 heteroatoms. The number of benzene rings is 2. The Hall–Kier alpha value is -2.67. The Balaban J connectivity index is 2.14. The van der Waals surface area contributed by atoms with Gasteiger partial charge < -0.3 is 9.47 Å². The maximum atomic E-state index is 13.6. The van der Waals surface area contributed by atoms with Gasteiger partial charge in [-0.3, -0.25) is 4.79 Å². The fraction of sp³-hybridized carbons (Fsp3) is 0.360. The van der Waals surface area contributed by atoms with Crippen molar-refractivity contribution in [3.63, 3.8) is 0 Å². The van der Waals surface area contributed by atoms with Crippen molar-refractivity contribution in [2.75, 3.05) is 13.4 Å². The fourth-order valence-corrected chi connectivity index (χ4v) is 4.20. The third-order valence-electron chi connectivity index (χ3n) is 5.37. The van der Waals surface area contributed by atoms with Crippen molar-refractivity contribution >= 4 is 29.1 Å². The van der Waals surface area contributed by atoms with Gasteiger partial charge in [-0.1, -0.05) is 41.4 Å². The summed E-state index contributed by atoms with van der Waals surface area (Å²) in [7, 11) is 0. The fourth-order valence-electron chi connectivity index (χ4n) is 3.99. The van der Waals surface area contributed by atoms with Gasteiger partial charge in [0.15, 0.2) is 6.79 Å². The van der Waals surface area contributed by atoms with Gasteiger partial charge in [0.1, 0.15) is 11.3 Å². The predicted molar refractivity (Wildman–Crippen MR) is 123 cm³/mol. The maximum Gasteiger partial charge on any atom is 0.344 e. The lowest BCUT2D eigenvalue weighted by atomic mass is 9.91. The van der Waals surface area contributed by atoms with E-state index in [4.69, 9.17) is 25.9 Å². The molecule has 0 unspecified atom stereocenters. The predicted octanol–water partition coefficient (Wildman–Crippen LogP) is 5.38. The quantitative estimate of drug-likeness (QED) is 0.317. The van der Waals surface area contributed by atoms with E-state index in [1.165, 1.54) is 5.06 Å². The van der Waals surface area contributed by atoms with Crippen molar-refractivity contribution in [1.29, 1.82) is 0 Å². The molecule has 0 aromatic heterocycles. The molecule has 0 radical (unpaired) electrons. The molecule has 32 heavy (non-hydrogen) atoms. The number of ether oxygens (including phenoxy) is 2. The zero-order valence-corrected chi connectivity index (χ0v) is 20.0. The van der Waals surface area contributed by atoms with Gasteiger partial charge in [0, 0.05) is 6.61 Å². The molecule has 0 N–H and O–H groups in total. The number of carbonyl (C=O) groups is 2. The average Bonchev–Trinajstić information content (AvgIpc) is 2.88. The van der Waals surface area contributed by atoms with Crippen LogP contribution in [0.3, 0.4) is 0 Å². The third-order valence-corrected chi connectivity index (χ3v) is 5.70. The summed E-state index contributed by atoms with van der Waals surface area (Å²) in [6.07, 6.45) is 0. The second-order valence-electron chi connectivity index (χ2n) is 8.25. The first-order valence-corrected chi connectivity index (χ1v) is 10.8. The highest BCUT2D eigenvalue weighted by molar-refractivity contribution is 6.33. The number of nitrogens with zero attached hydrogens (tertiary/aromatic N) is 1. The molecule has 6 nitrogen and oxygen atoms in total. The molecular weight excluding hydrogens is 430 g/mol. The van der Waals surface area contributed by atoms with Crippen LogP contribution in [-0.4, -0.2) is 35.9 Å². The summed E-state index contributed by atoms with van der Waals surface area (Å²) >= 11 is 6.20. The number of rotatable bonds is 7. The second kappa shape index (κ2) is 9.45. The molecule has 0 fully saturated rings. The second-order valence-corrected chi connectivity index (χ2v) is 8.65. The van der Waals surface area contributed by atoms with Gasteiger partial charge >= 0.3 is 5.97 Å². The summed E-state index contributed by atoms with van der Waals surface area (Å²) in [6.45, 7) is 11.5. The number of amides is 1. The van der Waals surface area contributed by atoms with E-state index < -0.39 is 17.4 Å². The number of halogens is 1. The van der Waals surface area contributed by atoms with Crippen LogP contribution in [0.15, 0.2) is 42.2 Å². The number of hydrogen-bond acceptors (Lipinski definition) is 5. The first-order chi connectivity index (χ1) is 15.1. The highest BCUT2D eigenvalue weighted by Crippen LogP contribution is 2.43. The number of esters is 1. The lowest BCUT2D eigenvalue weighted by Gasteiger charge is -2.31. The monoisotopic (exact) mass is 457 g/mol. The van der Waals surface area contributed by atoms with Gasteiger partial charge in [0.2, 0.25) is 0 Å². The number of hydrogen-bond donors (Lipinski definition) is 0. The Morgan fingerprint density at radius 1 is 1.09 bits per heavy atom. The summed E-state index contributed by atoms with van der Waals surface area (Å²) in [5.74, 6) is -0.830. The normalized spacial score (nSPS) is 15.5. The molecule has 0 atom stereocenters. The van der Waals surface area contributed by atoms with Crippen LogP contribution < -0.4 is 0 Å². The Labute approximate surface area is 193 Å². The summed E-state index contributed by atoms with van der Waals surface area (Å²) in [5.41, 5.74) is 3.05. The van der Waals surface area contributed by atoms with Crippen LogP contribution in [0.4, 0.5) is 0 Å². The average molecular weight is 458 g/mol. The van der Waals surface area contributed by atoms with Crippen molar-refractivity contribution in [2.45, 2.75) is 47.1 Å². The van der Waals surface area contributed by atoms with Crippen LogP contribution in [0.2, 0.25) is 5.02 Å². The molecule has 1 aliphatic heterocycles. The molecule has 1 aliphatic rings. The molecule has 3 rings (SSSR count). The summed E-state index contributed by atoms with van der Waals surface area (Å²) < 4.78 is 11.2. The standard InChI is InChI=1S/C25H28ClNO5/c1-7-30-14-31-27-23(28)21(20-16(3)12-15(2)13-17(20)4)22(25(27,5)6)32-24(29)18-10-8-9-11-19(18)26/h8-13H,7,14H2,1-6H3. The van der Waals surface area contributed by atoms with Crippen LogP contribution in [-0.2, 0) is 19.1 Å². The molecule has 1 amide bonds. The van der Waals surface area contributed by atoms with Gasteiger partial charge in [-0.05, 0) is 70.4 Å². The van der Waals surface area contributed by atoms with E-state index in [1.807, 2.05) is 39.8 Å². The molecule has 0 saturated heterocycles. The highest BCUT2D eigenvalue weighted by Gasteiger charge is 2.50. The lowest BCUT2D eigenvalue weighted by molar-refractivity contribution is -0.242. The van der Waals surface area contributed by atoms with Crippen LogP contribution in [0.5, 0.6) is 0 Å². The van der Waals surface area contributed by atoms with E-state index in [0.717, 1.165) is 22.3 Å². The molecule has 1 heterocycles. The first kappa shape index (κ1) is 24.0. The minimum absolute atomic E-state index is 0.101. The zero-order valence-electron chi connectivity index (χ0n) is 19.2. The molecule has 0 bridgehead atoms. The Morgan fingerprint density at radius 2 is 1.72 bits per heavy atom. The Morgan fingerprint density at radius 3 is 2.31 bits per heavy atom.